The van der Waals surface area contributed by atoms with E-state index in [0.29, 0.717) is 10.7 Å². The fraction of sp³-hybridized carbons (Fsp3) is 0.133. The summed E-state index contributed by atoms with van der Waals surface area (Å²) in [4.78, 5) is 22.4. The van der Waals surface area contributed by atoms with Crippen LogP contribution in [0.4, 0.5) is 11.4 Å². The monoisotopic (exact) mass is 320 g/mol. The van der Waals surface area contributed by atoms with Crippen LogP contribution in [0.25, 0.3) is 0 Å². The van der Waals surface area contributed by atoms with Gasteiger partial charge in [0.1, 0.15) is 0 Å². The average molecular weight is 321 g/mol. The number of hydrogen-bond acceptors (Lipinski definition) is 4. The first-order valence-corrected chi connectivity index (χ1v) is 6.81. The van der Waals surface area contributed by atoms with Gasteiger partial charge in [-0.1, -0.05) is 29.8 Å². The quantitative estimate of drug-likeness (QED) is 0.673. The standard InChI is InChI=1S/C15H13ClN2O4/c1-10(15(19)17-12-6-4-5-11(16)9-12)22-14-8-3-2-7-13(14)18(20)21/h2-10H,1H3,(H,17,19). The minimum absolute atomic E-state index is 0.0428. The molecular weight excluding hydrogens is 308 g/mol. The van der Waals surface area contributed by atoms with Crippen LogP contribution in [-0.4, -0.2) is 16.9 Å². The Kier molecular flexibility index (Phi) is 4.95. The van der Waals surface area contributed by atoms with Crippen molar-refractivity contribution in [2.45, 2.75) is 13.0 Å². The molecule has 0 aliphatic rings. The maximum atomic E-state index is 12.1. The Morgan fingerprint density at radius 1 is 1.27 bits per heavy atom. The van der Waals surface area contributed by atoms with Crippen LogP contribution in [-0.2, 0) is 4.79 Å². The van der Waals surface area contributed by atoms with E-state index in [1.807, 2.05) is 0 Å². The first-order valence-electron chi connectivity index (χ1n) is 6.44. The molecule has 1 amide bonds. The highest BCUT2D eigenvalue weighted by atomic mass is 35.5. The summed E-state index contributed by atoms with van der Waals surface area (Å²) in [6.07, 6.45) is -0.903. The lowest BCUT2D eigenvalue weighted by Gasteiger charge is -2.14. The minimum Gasteiger partial charge on any atom is -0.474 e. The van der Waals surface area contributed by atoms with Crippen LogP contribution >= 0.6 is 11.6 Å². The van der Waals surface area contributed by atoms with Crippen molar-refractivity contribution in [1.82, 2.24) is 0 Å². The molecule has 22 heavy (non-hydrogen) atoms. The summed E-state index contributed by atoms with van der Waals surface area (Å²) in [7, 11) is 0. The minimum atomic E-state index is -0.903. The lowest BCUT2D eigenvalue weighted by molar-refractivity contribution is -0.386. The summed E-state index contributed by atoms with van der Waals surface area (Å²) < 4.78 is 5.38. The topological polar surface area (TPSA) is 81.5 Å². The third-order valence-corrected chi connectivity index (χ3v) is 3.06. The van der Waals surface area contributed by atoms with Gasteiger partial charge in [-0.15, -0.1) is 0 Å². The molecule has 7 heteroatoms. The van der Waals surface area contributed by atoms with Crippen molar-refractivity contribution in [1.29, 1.82) is 0 Å². The van der Waals surface area contributed by atoms with E-state index in [1.165, 1.54) is 25.1 Å². The van der Waals surface area contributed by atoms with E-state index in [1.54, 1.807) is 30.3 Å². The number of ether oxygens (including phenoxy) is 1. The van der Waals surface area contributed by atoms with E-state index in [0.717, 1.165) is 0 Å². The van der Waals surface area contributed by atoms with Gasteiger partial charge in [0.15, 0.2) is 11.9 Å². The van der Waals surface area contributed by atoms with Gasteiger partial charge in [-0.2, -0.15) is 0 Å². The number of nitro groups is 1. The Labute approximate surface area is 131 Å². The normalized spacial score (nSPS) is 11.5. The number of benzene rings is 2. The second-order valence-electron chi connectivity index (χ2n) is 4.48. The molecule has 0 saturated carbocycles. The van der Waals surface area contributed by atoms with Crippen LogP contribution in [0.15, 0.2) is 48.5 Å². The Morgan fingerprint density at radius 3 is 2.68 bits per heavy atom. The van der Waals surface area contributed by atoms with Gasteiger partial charge in [0.25, 0.3) is 5.91 Å². The highest BCUT2D eigenvalue weighted by Crippen LogP contribution is 2.27. The average Bonchev–Trinajstić information content (AvgIpc) is 2.47. The Morgan fingerprint density at radius 2 is 2.00 bits per heavy atom. The van der Waals surface area contributed by atoms with Gasteiger partial charge in [-0.05, 0) is 31.2 Å². The number of carbonyl (C=O) groups is 1. The molecule has 0 aromatic heterocycles. The maximum Gasteiger partial charge on any atom is 0.310 e. The van der Waals surface area contributed by atoms with Crippen LogP contribution in [0.3, 0.4) is 0 Å². The van der Waals surface area contributed by atoms with Crippen LogP contribution < -0.4 is 10.1 Å². The fourth-order valence-electron chi connectivity index (χ4n) is 1.76. The first kappa shape index (κ1) is 15.8. The lowest BCUT2D eigenvalue weighted by atomic mass is 10.2. The Hall–Kier alpha value is -2.60. The number of rotatable bonds is 5. The van der Waals surface area contributed by atoms with Crippen LogP contribution in [0.2, 0.25) is 5.02 Å². The molecule has 1 atom stereocenters. The van der Waals surface area contributed by atoms with Gasteiger partial charge in [0.2, 0.25) is 0 Å². The molecule has 1 unspecified atom stereocenters. The van der Waals surface area contributed by atoms with E-state index in [9.17, 15) is 14.9 Å². The van der Waals surface area contributed by atoms with Gasteiger partial charge in [-0.3, -0.25) is 14.9 Å². The summed E-state index contributed by atoms with van der Waals surface area (Å²) >= 11 is 5.84. The Balaban J connectivity index is 2.07. The lowest BCUT2D eigenvalue weighted by Crippen LogP contribution is -2.30. The van der Waals surface area contributed by atoms with Crippen molar-refractivity contribution in [3.05, 3.63) is 63.7 Å². The zero-order valence-electron chi connectivity index (χ0n) is 11.7. The van der Waals surface area contributed by atoms with Gasteiger partial charge >= 0.3 is 5.69 Å². The van der Waals surface area contributed by atoms with E-state index in [2.05, 4.69) is 5.32 Å². The predicted molar refractivity (Wildman–Crippen MR) is 83.3 cm³/mol. The molecule has 1 N–H and O–H groups in total. The number of hydrogen-bond donors (Lipinski definition) is 1. The maximum absolute atomic E-state index is 12.1. The molecule has 6 nitrogen and oxygen atoms in total. The number of nitrogens with one attached hydrogen (secondary N) is 1. The van der Waals surface area contributed by atoms with Crippen molar-refractivity contribution in [3.63, 3.8) is 0 Å². The van der Waals surface area contributed by atoms with Gasteiger partial charge in [0, 0.05) is 16.8 Å². The van der Waals surface area contributed by atoms with Crippen molar-refractivity contribution in [2.75, 3.05) is 5.32 Å². The van der Waals surface area contributed by atoms with E-state index in [4.69, 9.17) is 16.3 Å². The number of halogens is 1. The molecule has 0 heterocycles. The number of para-hydroxylation sites is 2. The van der Waals surface area contributed by atoms with E-state index >= 15 is 0 Å². The highest BCUT2D eigenvalue weighted by molar-refractivity contribution is 6.30. The van der Waals surface area contributed by atoms with E-state index < -0.39 is 16.9 Å². The van der Waals surface area contributed by atoms with Crippen LogP contribution in [0, 0.1) is 10.1 Å². The van der Waals surface area contributed by atoms with Gasteiger partial charge < -0.3 is 10.1 Å². The number of anilines is 1. The van der Waals surface area contributed by atoms with Gasteiger partial charge in [0.05, 0.1) is 4.92 Å². The van der Waals surface area contributed by atoms with E-state index in [-0.39, 0.29) is 11.4 Å². The summed E-state index contributed by atoms with van der Waals surface area (Å²) in [6.45, 7) is 1.51. The Bertz CT molecular complexity index is 705. The number of nitro benzene ring substituents is 1. The number of carbonyl (C=O) groups excluding carboxylic acids is 1. The van der Waals surface area contributed by atoms with Crippen LogP contribution in [0.1, 0.15) is 6.92 Å². The first-order chi connectivity index (χ1) is 10.5. The zero-order chi connectivity index (χ0) is 16.1. The van der Waals surface area contributed by atoms with Crippen molar-refractivity contribution in [2.24, 2.45) is 0 Å². The highest BCUT2D eigenvalue weighted by Gasteiger charge is 2.20. The third kappa shape index (κ3) is 3.95. The molecule has 0 aliphatic carbocycles. The molecule has 0 aliphatic heterocycles. The molecular formula is C15H13ClN2O4. The van der Waals surface area contributed by atoms with Gasteiger partial charge in [-0.25, -0.2) is 0 Å². The second-order valence-corrected chi connectivity index (χ2v) is 4.92. The predicted octanol–water partition coefficient (Wildman–Crippen LogP) is 3.65. The molecule has 2 rings (SSSR count). The van der Waals surface area contributed by atoms with Crippen molar-refractivity contribution in [3.8, 4) is 5.75 Å². The summed E-state index contributed by atoms with van der Waals surface area (Å²) in [5, 5.41) is 14.0. The third-order valence-electron chi connectivity index (χ3n) is 2.83. The number of amides is 1. The molecule has 0 bridgehead atoms. The smallest absolute Gasteiger partial charge is 0.310 e. The number of nitrogens with zero attached hydrogens (tertiary/aromatic N) is 1. The molecule has 0 saturated heterocycles. The van der Waals surface area contributed by atoms with Crippen molar-refractivity contribution < 1.29 is 14.5 Å². The summed E-state index contributed by atoms with van der Waals surface area (Å²) in [5.41, 5.74) is 0.334. The molecule has 114 valence electrons. The summed E-state index contributed by atoms with van der Waals surface area (Å²) in [6, 6.07) is 12.6. The molecule has 2 aromatic rings. The van der Waals surface area contributed by atoms with Crippen LogP contribution in [0.5, 0.6) is 5.75 Å². The molecule has 0 fully saturated rings. The molecule has 0 radical (unpaired) electrons. The molecule has 2 aromatic carbocycles. The second kappa shape index (κ2) is 6.91. The summed E-state index contributed by atoms with van der Waals surface area (Å²) in [5.74, 6) is -0.387. The SMILES string of the molecule is CC(Oc1ccccc1[N+](=O)[O-])C(=O)Nc1cccc(Cl)c1. The fourth-order valence-corrected chi connectivity index (χ4v) is 1.95. The largest absolute Gasteiger partial charge is 0.474 e. The zero-order valence-corrected chi connectivity index (χ0v) is 12.4. The molecule has 0 spiro atoms. The van der Waals surface area contributed by atoms with Crippen molar-refractivity contribution >= 4 is 28.9 Å².